The molecule has 27 heavy (non-hydrogen) atoms. The van der Waals surface area contributed by atoms with Gasteiger partial charge in [-0.15, -0.1) is 6.58 Å². The van der Waals surface area contributed by atoms with E-state index in [4.69, 9.17) is 18.7 Å². The van der Waals surface area contributed by atoms with E-state index in [0.717, 1.165) is 11.3 Å². The third kappa shape index (κ3) is 4.13. The van der Waals surface area contributed by atoms with Crippen LogP contribution in [0.3, 0.4) is 0 Å². The van der Waals surface area contributed by atoms with E-state index in [-0.39, 0.29) is 17.8 Å². The van der Waals surface area contributed by atoms with Gasteiger partial charge in [0, 0.05) is 18.5 Å². The molecule has 0 radical (unpaired) electrons. The minimum Gasteiger partial charge on any atom is -0.493 e. The lowest BCUT2D eigenvalue weighted by molar-refractivity contribution is 0.0432. The molecule has 7 nitrogen and oxygen atoms in total. The number of hydrogen-bond acceptors (Lipinski definition) is 6. The fourth-order valence-electron chi connectivity index (χ4n) is 2.91. The first-order chi connectivity index (χ1) is 13.2. The molecule has 142 valence electrons. The van der Waals surface area contributed by atoms with E-state index in [9.17, 15) is 4.79 Å². The number of benzene rings is 1. The highest BCUT2D eigenvalue weighted by atomic mass is 16.6. The summed E-state index contributed by atoms with van der Waals surface area (Å²) in [7, 11) is 3.18. The third-order valence-corrected chi connectivity index (χ3v) is 4.24. The molecule has 1 aromatic heterocycles. The highest BCUT2D eigenvalue weighted by Crippen LogP contribution is 2.29. The van der Waals surface area contributed by atoms with Crippen LogP contribution in [-0.2, 0) is 4.84 Å². The van der Waals surface area contributed by atoms with Gasteiger partial charge in [-0.3, -0.25) is 4.79 Å². The van der Waals surface area contributed by atoms with Gasteiger partial charge in [-0.2, -0.15) is 0 Å². The highest BCUT2D eigenvalue weighted by Gasteiger charge is 2.28. The van der Waals surface area contributed by atoms with Crippen LogP contribution < -0.4 is 9.47 Å². The van der Waals surface area contributed by atoms with Gasteiger partial charge in [-0.05, 0) is 30.3 Å². The first-order valence-electron chi connectivity index (χ1n) is 8.55. The van der Waals surface area contributed by atoms with Crippen molar-refractivity contribution in [3.63, 3.8) is 0 Å². The predicted molar refractivity (Wildman–Crippen MR) is 100 cm³/mol. The minimum absolute atomic E-state index is 0.205. The topological polar surface area (TPSA) is 73.5 Å². The highest BCUT2D eigenvalue weighted by molar-refractivity contribution is 6.01. The van der Waals surface area contributed by atoms with Gasteiger partial charge in [-0.1, -0.05) is 11.2 Å². The minimum atomic E-state index is -0.244. The molecular formula is C20H22N2O5. The summed E-state index contributed by atoms with van der Waals surface area (Å²) < 4.78 is 15.8. The second-order valence-corrected chi connectivity index (χ2v) is 6.02. The number of oxime groups is 1. The fraction of sp³-hybridized carbons (Fsp3) is 0.300. The summed E-state index contributed by atoms with van der Waals surface area (Å²) >= 11 is 0. The summed E-state index contributed by atoms with van der Waals surface area (Å²) in [5.74, 6) is 1.36. The van der Waals surface area contributed by atoms with Crippen molar-refractivity contribution in [2.24, 2.45) is 5.16 Å². The second kappa shape index (κ2) is 8.44. The lowest BCUT2D eigenvalue weighted by Crippen LogP contribution is -2.37. The van der Waals surface area contributed by atoms with Crippen molar-refractivity contribution >= 4 is 11.6 Å². The Hall–Kier alpha value is -3.22. The Morgan fingerprint density at radius 3 is 2.81 bits per heavy atom. The van der Waals surface area contributed by atoms with Crippen molar-refractivity contribution in [1.82, 2.24) is 4.90 Å². The molecule has 0 saturated heterocycles. The van der Waals surface area contributed by atoms with Crippen LogP contribution in [0.4, 0.5) is 0 Å². The summed E-state index contributed by atoms with van der Waals surface area (Å²) in [5, 5.41) is 4.19. The Bertz CT molecular complexity index is 829. The smallest absolute Gasteiger partial charge is 0.289 e. The average Bonchev–Trinajstić information content (AvgIpc) is 3.38. The molecule has 0 aliphatic carbocycles. The summed E-state index contributed by atoms with van der Waals surface area (Å²) in [6.07, 6.45) is 3.48. The van der Waals surface area contributed by atoms with E-state index in [1.165, 1.54) is 6.26 Å². The maximum atomic E-state index is 12.6. The monoisotopic (exact) mass is 370 g/mol. The lowest BCUT2D eigenvalue weighted by atomic mass is 10.0. The van der Waals surface area contributed by atoms with Crippen LogP contribution in [-0.4, -0.2) is 49.9 Å². The van der Waals surface area contributed by atoms with Crippen LogP contribution in [0.5, 0.6) is 11.5 Å². The number of nitrogens with zero attached hydrogens (tertiary/aromatic N) is 2. The fourth-order valence-corrected chi connectivity index (χ4v) is 2.91. The molecule has 1 aromatic carbocycles. The quantitative estimate of drug-likeness (QED) is 0.668. The Kier molecular flexibility index (Phi) is 5.80. The molecule has 0 fully saturated rings. The standard InChI is InChI=1S/C20H22N2O5/c1-4-9-22(20(23)18-6-5-10-26-18)13-15-12-16(21-27-15)14-7-8-17(24-2)19(11-14)25-3/h4-8,10-11,15H,1,9,12-13H2,2-3H3/t15-/m0/s1. The zero-order valence-corrected chi connectivity index (χ0v) is 15.4. The van der Waals surface area contributed by atoms with Gasteiger partial charge in [0.05, 0.1) is 32.7 Å². The van der Waals surface area contributed by atoms with Crippen molar-refractivity contribution in [2.75, 3.05) is 27.3 Å². The van der Waals surface area contributed by atoms with E-state index in [0.29, 0.717) is 31.0 Å². The molecule has 1 aliphatic heterocycles. The van der Waals surface area contributed by atoms with Gasteiger partial charge in [0.25, 0.3) is 5.91 Å². The first kappa shape index (κ1) is 18.6. The van der Waals surface area contributed by atoms with Crippen LogP contribution in [0.1, 0.15) is 22.5 Å². The van der Waals surface area contributed by atoms with Gasteiger partial charge >= 0.3 is 0 Å². The van der Waals surface area contributed by atoms with Crippen molar-refractivity contribution in [3.8, 4) is 11.5 Å². The van der Waals surface area contributed by atoms with Crippen LogP contribution >= 0.6 is 0 Å². The van der Waals surface area contributed by atoms with E-state index in [1.807, 2.05) is 18.2 Å². The summed E-state index contributed by atoms with van der Waals surface area (Å²) in [4.78, 5) is 19.7. The molecule has 3 rings (SSSR count). The Morgan fingerprint density at radius 1 is 1.33 bits per heavy atom. The molecule has 1 amide bonds. The molecule has 0 unspecified atom stereocenters. The Balaban J connectivity index is 1.67. The van der Waals surface area contributed by atoms with Crippen molar-refractivity contribution in [2.45, 2.75) is 12.5 Å². The molecule has 1 atom stereocenters. The van der Waals surface area contributed by atoms with Crippen molar-refractivity contribution < 1.29 is 23.5 Å². The van der Waals surface area contributed by atoms with Gasteiger partial charge in [0.1, 0.15) is 0 Å². The SMILES string of the molecule is C=CCN(C[C@@H]1CC(c2ccc(OC)c(OC)c2)=NO1)C(=O)c1ccco1. The van der Waals surface area contributed by atoms with Gasteiger partial charge in [0.2, 0.25) is 0 Å². The molecular weight excluding hydrogens is 348 g/mol. The largest absolute Gasteiger partial charge is 0.493 e. The molecule has 0 bridgehead atoms. The zero-order valence-electron chi connectivity index (χ0n) is 15.4. The van der Waals surface area contributed by atoms with Crippen LogP contribution in [0.2, 0.25) is 0 Å². The number of ether oxygens (including phenoxy) is 2. The maximum Gasteiger partial charge on any atom is 0.289 e. The lowest BCUT2D eigenvalue weighted by Gasteiger charge is -2.22. The summed E-state index contributed by atoms with van der Waals surface area (Å²) in [6.45, 7) is 4.49. The van der Waals surface area contributed by atoms with Crippen LogP contribution in [0.25, 0.3) is 0 Å². The molecule has 7 heteroatoms. The third-order valence-electron chi connectivity index (χ3n) is 4.24. The normalized spacial score (nSPS) is 15.6. The first-order valence-corrected chi connectivity index (χ1v) is 8.55. The molecule has 2 heterocycles. The number of methoxy groups -OCH3 is 2. The molecule has 0 spiro atoms. The Labute approximate surface area is 157 Å². The van der Waals surface area contributed by atoms with E-state index in [2.05, 4.69) is 11.7 Å². The van der Waals surface area contributed by atoms with Crippen molar-refractivity contribution in [1.29, 1.82) is 0 Å². The number of rotatable bonds is 8. The number of carbonyl (C=O) groups excluding carboxylic acids is 1. The zero-order chi connectivity index (χ0) is 19.2. The van der Waals surface area contributed by atoms with Crippen molar-refractivity contribution in [3.05, 3.63) is 60.6 Å². The number of carbonyl (C=O) groups is 1. The van der Waals surface area contributed by atoms with Gasteiger partial charge in [-0.25, -0.2) is 0 Å². The molecule has 0 N–H and O–H groups in total. The molecule has 0 saturated carbocycles. The molecule has 2 aromatic rings. The van der Waals surface area contributed by atoms with Gasteiger partial charge < -0.3 is 23.6 Å². The van der Waals surface area contributed by atoms with E-state index in [1.54, 1.807) is 37.3 Å². The van der Waals surface area contributed by atoms with Gasteiger partial charge in [0.15, 0.2) is 23.4 Å². The van der Waals surface area contributed by atoms with E-state index < -0.39 is 0 Å². The predicted octanol–water partition coefficient (Wildman–Crippen LogP) is 3.12. The van der Waals surface area contributed by atoms with Crippen LogP contribution in [0.15, 0.2) is 58.8 Å². The van der Waals surface area contributed by atoms with E-state index >= 15 is 0 Å². The number of furan rings is 1. The Morgan fingerprint density at radius 2 is 2.15 bits per heavy atom. The average molecular weight is 370 g/mol. The number of hydrogen-bond donors (Lipinski definition) is 0. The maximum absolute atomic E-state index is 12.6. The molecule has 1 aliphatic rings. The van der Waals surface area contributed by atoms with Crippen LogP contribution in [0, 0.1) is 0 Å². The summed E-state index contributed by atoms with van der Waals surface area (Å²) in [5.41, 5.74) is 1.69. The second-order valence-electron chi connectivity index (χ2n) is 6.02. The summed E-state index contributed by atoms with van der Waals surface area (Å²) in [6, 6.07) is 8.91. The number of amides is 1.